The molecule has 0 saturated carbocycles. The van der Waals surface area contributed by atoms with Gasteiger partial charge in [-0.25, -0.2) is 0 Å². The van der Waals surface area contributed by atoms with Gasteiger partial charge >= 0.3 is 0 Å². The maximum Gasteiger partial charge on any atom is 0.251 e. The summed E-state index contributed by atoms with van der Waals surface area (Å²) in [7, 11) is 0. The smallest absolute Gasteiger partial charge is 0.251 e. The summed E-state index contributed by atoms with van der Waals surface area (Å²) in [4.78, 5) is 23.8. The number of carbonyl (C=O) groups excluding carboxylic acids is 2. The Kier molecular flexibility index (Phi) is 26.0. The molecular weight excluding hydrogens is 370 g/mol. The fourth-order valence-corrected chi connectivity index (χ4v) is 1.68. The number of hydrogen-bond donors (Lipinski definition) is 5. The molecule has 0 fully saturated rings. The molecule has 1 rings (SSSR count). The topological polar surface area (TPSA) is 125 Å². The summed E-state index contributed by atoms with van der Waals surface area (Å²) < 4.78 is 0. The molecule has 0 radical (unpaired) electrons. The second-order valence-corrected chi connectivity index (χ2v) is 5.92. The molecule has 1 aromatic carbocycles. The number of nitrogens with one attached hydrogen (secondary N) is 2. The van der Waals surface area contributed by atoms with E-state index >= 15 is 0 Å². The number of aliphatic hydroxyl groups excluding tert-OH is 2. The van der Waals surface area contributed by atoms with Crippen LogP contribution in [0.2, 0.25) is 0 Å². The van der Waals surface area contributed by atoms with Crippen LogP contribution in [0.5, 0.6) is 0 Å². The molecule has 7 nitrogen and oxygen atoms in total. The highest BCUT2D eigenvalue weighted by atomic mass is 16.3. The van der Waals surface area contributed by atoms with E-state index in [0.29, 0.717) is 42.7 Å². The quantitative estimate of drug-likeness (QED) is 0.330. The van der Waals surface area contributed by atoms with E-state index in [0.717, 1.165) is 0 Å². The Balaban J connectivity index is -0.000000732. The summed E-state index contributed by atoms with van der Waals surface area (Å²) in [6, 6.07) is 4.43. The lowest BCUT2D eigenvalue weighted by Gasteiger charge is -2.09. The predicted octanol–water partition coefficient (Wildman–Crippen LogP) is 3.35. The molecule has 0 heterocycles. The maximum absolute atomic E-state index is 11.9. The van der Waals surface area contributed by atoms with Gasteiger partial charge in [-0.1, -0.05) is 54.4 Å². The van der Waals surface area contributed by atoms with Gasteiger partial charge in [0, 0.05) is 43.1 Å². The summed E-state index contributed by atoms with van der Waals surface area (Å²) in [6.07, 6.45) is 3.42. The molecule has 29 heavy (non-hydrogen) atoms. The Labute approximate surface area is 177 Å². The molecular formula is C22H43N3O4. The molecule has 0 aliphatic carbocycles. The summed E-state index contributed by atoms with van der Waals surface area (Å²) in [6.45, 7) is 13.2. The van der Waals surface area contributed by atoms with E-state index in [1.165, 1.54) is 31.0 Å². The number of hydrogen-bond acceptors (Lipinski definition) is 5. The van der Waals surface area contributed by atoms with Gasteiger partial charge in [0.15, 0.2) is 0 Å². The molecule has 0 saturated heterocycles. The Morgan fingerprint density at radius 1 is 0.793 bits per heavy atom. The number of nitrogens with two attached hydrogens (primary N) is 1. The van der Waals surface area contributed by atoms with Crippen LogP contribution < -0.4 is 16.4 Å². The van der Waals surface area contributed by atoms with Gasteiger partial charge in [0.05, 0.1) is 0 Å². The van der Waals surface area contributed by atoms with Crippen LogP contribution >= 0.6 is 0 Å². The van der Waals surface area contributed by atoms with Gasteiger partial charge in [-0.3, -0.25) is 9.59 Å². The van der Waals surface area contributed by atoms with E-state index < -0.39 is 0 Å². The average Bonchev–Trinajstić information content (AvgIpc) is 2.70. The van der Waals surface area contributed by atoms with Crippen LogP contribution in [-0.2, 0) is 0 Å². The van der Waals surface area contributed by atoms with Gasteiger partial charge in [-0.15, -0.1) is 0 Å². The number of rotatable bonds is 8. The normalized spacial score (nSPS) is 8.83. The summed E-state index contributed by atoms with van der Waals surface area (Å²) in [5.41, 5.74) is 6.61. The van der Waals surface area contributed by atoms with Crippen LogP contribution in [0.3, 0.4) is 0 Å². The SMILES string of the molecule is CC.CCC.CCC.Nc1cc(C(=O)NCCCO)cc(C(=O)NCCCO)c1. The fraction of sp³-hybridized carbons (Fsp3) is 0.636. The van der Waals surface area contributed by atoms with Crippen molar-refractivity contribution >= 4 is 17.5 Å². The summed E-state index contributed by atoms with van der Waals surface area (Å²) >= 11 is 0. The van der Waals surface area contributed by atoms with Crippen molar-refractivity contribution in [2.24, 2.45) is 0 Å². The van der Waals surface area contributed by atoms with Gasteiger partial charge < -0.3 is 26.6 Å². The Morgan fingerprint density at radius 3 is 1.38 bits per heavy atom. The van der Waals surface area contributed by atoms with Gasteiger partial charge in [0.1, 0.15) is 0 Å². The summed E-state index contributed by atoms with van der Waals surface area (Å²) in [5.74, 6) is -0.694. The first-order valence-corrected chi connectivity index (χ1v) is 10.6. The van der Waals surface area contributed by atoms with Crippen LogP contribution in [0.25, 0.3) is 0 Å². The van der Waals surface area contributed by atoms with Crippen molar-refractivity contribution in [3.8, 4) is 0 Å². The third-order valence-corrected chi connectivity index (χ3v) is 2.72. The van der Waals surface area contributed by atoms with Crippen LogP contribution in [0.1, 0.15) is 87.9 Å². The lowest BCUT2D eigenvalue weighted by atomic mass is 10.1. The lowest BCUT2D eigenvalue weighted by molar-refractivity contribution is 0.0950. The van der Waals surface area contributed by atoms with E-state index in [1.54, 1.807) is 0 Å². The monoisotopic (exact) mass is 413 g/mol. The van der Waals surface area contributed by atoms with Crippen molar-refractivity contribution < 1.29 is 19.8 Å². The minimum absolute atomic E-state index is 0.00424. The molecule has 7 heteroatoms. The third-order valence-electron chi connectivity index (χ3n) is 2.72. The molecule has 170 valence electrons. The standard InChI is InChI=1S/C14H21N3O4.2C3H8.C2H6/c15-12-8-10(13(20)16-3-1-5-18)7-11(9-12)14(21)17-4-2-6-19;2*1-3-2;1-2/h7-9,18-19H,1-6,15H2,(H,16,20)(H,17,21);2*3H2,1-2H3;1-2H3. The maximum atomic E-state index is 11.9. The van der Waals surface area contributed by atoms with E-state index in [2.05, 4.69) is 38.3 Å². The van der Waals surface area contributed by atoms with Crippen LogP contribution in [0, 0.1) is 0 Å². The number of aliphatic hydroxyl groups is 2. The largest absolute Gasteiger partial charge is 0.399 e. The molecule has 0 aliphatic heterocycles. The number of amides is 2. The van der Waals surface area contributed by atoms with E-state index in [1.807, 2.05) is 13.8 Å². The van der Waals surface area contributed by atoms with Crippen molar-refractivity contribution in [2.45, 2.75) is 67.2 Å². The number of anilines is 1. The molecule has 1 aromatic rings. The molecule has 0 unspecified atom stereocenters. The molecule has 0 aromatic heterocycles. The zero-order chi connectivity index (χ0) is 23.1. The highest BCUT2D eigenvalue weighted by Gasteiger charge is 2.11. The zero-order valence-corrected chi connectivity index (χ0v) is 19.2. The first-order chi connectivity index (χ1) is 13.9. The highest BCUT2D eigenvalue weighted by molar-refractivity contribution is 6.00. The first-order valence-electron chi connectivity index (χ1n) is 10.6. The van der Waals surface area contributed by atoms with Crippen molar-refractivity contribution in [1.29, 1.82) is 0 Å². The average molecular weight is 414 g/mol. The zero-order valence-electron chi connectivity index (χ0n) is 19.2. The molecule has 0 bridgehead atoms. The second kappa shape index (κ2) is 23.9. The molecule has 0 spiro atoms. The van der Waals surface area contributed by atoms with E-state index in [9.17, 15) is 9.59 Å². The minimum Gasteiger partial charge on any atom is -0.399 e. The van der Waals surface area contributed by atoms with Gasteiger partial charge in [-0.2, -0.15) is 0 Å². The Morgan fingerprint density at radius 2 is 1.10 bits per heavy atom. The predicted molar refractivity (Wildman–Crippen MR) is 122 cm³/mol. The lowest BCUT2D eigenvalue weighted by Crippen LogP contribution is -2.27. The first kappa shape index (κ1) is 31.6. The van der Waals surface area contributed by atoms with Crippen LogP contribution in [-0.4, -0.2) is 48.3 Å². The Bertz CT molecular complexity index is 481. The van der Waals surface area contributed by atoms with Crippen molar-refractivity contribution in [3.05, 3.63) is 29.3 Å². The van der Waals surface area contributed by atoms with Crippen LogP contribution in [0.4, 0.5) is 5.69 Å². The Hall–Kier alpha value is -2.12. The van der Waals surface area contributed by atoms with Gasteiger partial charge in [0.25, 0.3) is 11.8 Å². The number of carbonyl (C=O) groups is 2. The van der Waals surface area contributed by atoms with Crippen molar-refractivity contribution in [2.75, 3.05) is 32.0 Å². The van der Waals surface area contributed by atoms with Crippen molar-refractivity contribution in [1.82, 2.24) is 10.6 Å². The third kappa shape index (κ3) is 19.0. The van der Waals surface area contributed by atoms with Gasteiger partial charge in [0.2, 0.25) is 0 Å². The fourth-order valence-electron chi connectivity index (χ4n) is 1.68. The van der Waals surface area contributed by atoms with Crippen molar-refractivity contribution in [3.63, 3.8) is 0 Å². The summed E-state index contributed by atoms with van der Waals surface area (Å²) in [5, 5.41) is 22.6. The molecule has 2 amide bonds. The molecule has 6 N–H and O–H groups in total. The highest BCUT2D eigenvalue weighted by Crippen LogP contribution is 2.12. The van der Waals surface area contributed by atoms with Gasteiger partial charge in [-0.05, 0) is 31.0 Å². The molecule has 0 aliphatic rings. The van der Waals surface area contributed by atoms with E-state index in [4.69, 9.17) is 15.9 Å². The van der Waals surface area contributed by atoms with E-state index in [-0.39, 0.29) is 25.0 Å². The number of benzene rings is 1. The second-order valence-electron chi connectivity index (χ2n) is 5.92. The number of nitrogen functional groups attached to an aromatic ring is 1. The minimum atomic E-state index is -0.347. The molecule has 0 atom stereocenters. The van der Waals surface area contributed by atoms with Crippen LogP contribution in [0.15, 0.2) is 18.2 Å².